The van der Waals surface area contributed by atoms with Gasteiger partial charge in [0, 0.05) is 17.3 Å². The zero-order valence-electron chi connectivity index (χ0n) is 11.7. The van der Waals surface area contributed by atoms with E-state index in [-0.39, 0.29) is 12.0 Å². The molecule has 1 atom stereocenters. The van der Waals surface area contributed by atoms with Crippen LogP contribution in [0.15, 0.2) is 6.07 Å². The van der Waals surface area contributed by atoms with Crippen LogP contribution < -0.4 is 0 Å². The van der Waals surface area contributed by atoms with Crippen LogP contribution in [0.2, 0.25) is 0 Å². The molecule has 0 fully saturated rings. The smallest absolute Gasteiger partial charge is 0.410 e. The molecule has 1 aromatic heterocycles. The van der Waals surface area contributed by atoms with Gasteiger partial charge in [-0.3, -0.25) is 0 Å². The van der Waals surface area contributed by atoms with Crippen molar-refractivity contribution in [3.63, 3.8) is 0 Å². The first-order chi connectivity index (χ1) is 8.80. The molecule has 0 radical (unpaired) electrons. The number of fused-ring (bicyclic) bond motifs is 1. The van der Waals surface area contributed by atoms with Gasteiger partial charge in [-0.25, -0.2) is 4.79 Å². The van der Waals surface area contributed by atoms with Crippen LogP contribution in [-0.2, 0) is 11.3 Å². The van der Waals surface area contributed by atoms with Gasteiger partial charge in [0.05, 0.1) is 6.54 Å². The van der Waals surface area contributed by atoms with E-state index in [1.807, 2.05) is 26.8 Å². The van der Waals surface area contributed by atoms with E-state index in [0.717, 1.165) is 4.88 Å². The molecule has 0 aromatic carbocycles. The second kappa shape index (κ2) is 4.86. The highest BCUT2D eigenvalue weighted by Crippen LogP contribution is 2.34. The number of hydrogen-bond acceptors (Lipinski definition) is 4. The van der Waals surface area contributed by atoms with Crippen LogP contribution in [-0.4, -0.2) is 23.1 Å². The highest BCUT2D eigenvalue weighted by Gasteiger charge is 2.30. The number of carbonyl (C=O) groups is 1. The van der Waals surface area contributed by atoms with Gasteiger partial charge in [-0.2, -0.15) is 5.26 Å². The molecular formula is C14H18N2O2S. The topological polar surface area (TPSA) is 53.3 Å². The summed E-state index contributed by atoms with van der Waals surface area (Å²) in [5, 5.41) is 8.96. The fraction of sp³-hybridized carbons (Fsp3) is 0.571. The van der Waals surface area contributed by atoms with Gasteiger partial charge in [-0.05, 0) is 32.4 Å². The Labute approximate surface area is 117 Å². The fourth-order valence-corrected chi connectivity index (χ4v) is 3.27. The molecule has 1 aliphatic rings. The Kier molecular flexibility index (Phi) is 3.55. The van der Waals surface area contributed by atoms with Crippen molar-refractivity contribution in [2.45, 2.75) is 45.8 Å². The van der Waals surface area contributed by atoms with E-state index in [2.05, 4.69) is 13.0 Å². The minimum absolute atomic E-state index is 0.245. The number of amides is 1. The number of ether oxygens (including phenoxy) is 1. The predicted octanol–water partition coefficient (Wildman–Crippen LogP) is 3.47. The Morgan fingerprint density at radius 2 is 2.26 bits per heavy atom. The average Bonchev–Trinajstić information content (AvgIpc) is 2.70. The second-order valence-corrected chi connectivity index (χ2v) is 7.00. The summed E-state index contributed by atoms with van der Waals surface area (Å²) < 4.78 is 5.40. The van der Waals surface area contributed by atoms with Gasteiger partial charge < -0.3 is 9.64 Å². The highest BCUT2D eigenvalue weighted by molar-refractivity contribution is 7.12. The second-order valence-electron chi connectivity index (χ2n) is 5.86. The first-order valence-electron chi connectivity index (χ1n) is 6.31. The van der Waals surface area contributed by atoms with Crippen molar-refractivity contribution < 1.29 is 9.53 Å². The Balaban J connectivity index is 2.17. The van der Waals surface area contributed by atoms with E-state index >= 15 is 0 Å². The zero-order chi connectivity index (χ0) is 14.2. The summed E-state index contributed by atoms with van der Waals surface area (Å²) in [6.45, 7) is 8.85. The molecule has 0 saturated heterocycles. The standard InChI is InChI=1S/C14H18N2O2S/c1-9-7-16(13(17)18-14(2,3)4)8-12-11(9)5-10(6-15)19-12/h5,9H,7-8H2,1-4H3/t9-/m1/s1. The molecule has 1 aliphatic heterocycles. The molecule has 5 heteroatoms. The number of nitriles is 1. The average molecular weight is 278 g/mol. The molecule has 0 N–H and O–H groups in total. The third-order valence-electron chi connectivity index (χ3n) is 2.96. The molecule has 1 amide bonds. The molecule has 1 aromatic rings. The van der Waals surface area contributed by atoms with Crippen LogP contribution >= 0.6 is 11.3 Å². The van der Waals surface area contributed by atoms with E-state index in [4.69, 9.17) is 10.00 Å². The number of thiophene rings is 1. The maximum absolute atomic E-state index is 12.1. The molecule has 19 heavy (non-hydrogen) atoms. The first-order valence-corrected chi connectivity index (χ1v) is 7.12. The molecule has 0 bridgehead atoms. The van der Waals surface area contributed by atoms with Gasteiger partial charge >= 0.3 is 6.09 Å². The van der Waals surface area contributed by atoms with E-state index in [0.29, 0.717) is 18.0 Å². The zero-order valence-corrected chi connectivity index (χ0v) is 12.5. The van der Waals surface area contributed by atoms with Gasteiger partial charge in [0.1, 0.15) is 16.5 Å². The SMILES string of the molecule is C[C@@H]1CN(C(=O)OC(C)(C)C)Cc2sc(C#N)cc21. The van der Waals surface area contributed by atoms with E-state index in [1.54, 1.807) is 4.90 Å². The van der Waals surface area contributed by atoms with Crippen molar-refractivity contribution in [3.05, 3.63) is 21.4 Å². The van der Waals surface area contributed by atoms with Crippen LogP contribution in [0.3, 0.4) is 0 Å². The van der Waals surface area contributed by atoms with E-state index in [1.165, 1.54) is 16.9 Å². The molecule has 2 heterocycles. The monoisotopic (exact) mass is 278 g/mol. The van der Waals surface area contributed by atoms with Gasteiger partial charge in [-0.15, -0.1) is 11.3 Å². The summed E-state index contributed by atoms with van der Waals surface area (Å²) in [5.41, 5.74) is 0.717. The number of rotatable bonds is 0. The lowest BCUT2D eigenvalue weighted by atomic mass is 9.97. The maximum atomic E-state index is 12.1. The molecule has 0 spiro atoms. The Morgan fingerprint density at radius 1 is 1.58 bits per heavy atom. The summed E-state index contributed by atoms with van der Waals surface area (Å²) >= 11 is 1.47. The third kappa shape index (κ3) is 3.07. The highest BCUT2D eigenvalue weighted by atomic mass is 32.1. The number of nitrogens with zero attached hydrogens (tertiary/aromatic N) is 2. The van der Waals surface area contributed by atoms with Crippen molar-refractivity contribution in [1.29, 1.82) is 5.26 Å². The Hall–Kier alpha value is -1.54. The van der Waals surface area contributed by atoms with Gasteiger partial charge in [0.15, 0.2) is 0 Å². The Bertz CT molecular complexity index is 537. The molecule has 4 nitrogen and oxygen atoms in total. The molecular weight excluding hydrogens is 260 g/mol. The van der Waals surface area contributed by atoms with Crippen molar-refractivity contribution in [2.24, 2.45) is 0 Å². The van der Waals surface area contributed by atoms with Gasteiger partial charge in [0.25, 0.3) is 0 Å². The predicted molar refractivity (Wildman–Crippen MR) is 74.1 cm³/mol. The lowest BCUT2D eigenvalue weighted by molar-refractivity contribution is 0.0212. The molecule has 0 aliphatic carbocycles. The first kappa shape index (κ1) is 13.9. The van der Waals surface area contributed by atoms with Crippen LogP contribution in [0.5, 0.6) is 0 Å². The summed E-state index contributed by atoms with van der Waals surface area (Å²) in [5.74, 6) is 0.245. The lowest BCUT2D eigenvalue weighted by Gasteiger charge is -2.32. The van der Waals surface area contributed by atoms with E-state index < -0.39 is 5.60 Å². The van der Waals surface area contributed by atoms with Crippen molar-refractivity contribution >= 4 is 17.4 Å². The summed E-state index contributed by atoms with van der Waals surface area (Å²) in [7, 11) is 0. The van der Waals surface area contributed by atoms with Crippen LogP contribution in [0.1, 0.15) is 48.9 Å². The van der Waals surface area contributed by atoms with Crippen molar-refractivity contribution in [1.82, 2.24) is 4.90 Å². The summed E-state index contributed by atoms with van der Waals surface area (Å²) in [4.78, 5) is 15.6. The van der Waals surface area contributed by atoms with Crippen molar-refractivity contribution in [2.75, 3.05) is 6.54 Å². The minimum Gasteiger partial charge on any atom is -0.444 e. The number of carbonyl (C=O) groups excluding carboxylic acids is 1. The van der Waals surface area contributed by atoms with Gasteiger partial charge in [0.2, 0.25) is 0 Å². The summed E-state index contributed by atoms with van der Waals surface area (Å²) in [6, 6.07) is 4.11. The van der Waals surface area contributed by atoms with E-state index in [9.17, 15) is 4.79 Å². The minimum atomic E-state index is -0.478. The molecule has 102 valence electrons. The third-order valence-corrected chi connectivity index (χ3v) is 4.00. The summed E-state index contributed by atoms with van der Waals surface area (Å²) in [6.07, 6.45) is -0.281. The van der Waals surface area contributed by atoms with Gasteiger partial charge in [-0.1, -0.05) is 6.92 Å². The quantitative estimate of drug-likeness (QED) is 0.730. The molecule has 0 unspecified atom stereocenters. The van der Waals surface area contributed by atoms with Crippen molar-refractivity contribution in [3.8, 4) is 6.07 Å². The molecule has 0 saturated carbocycles. The molecule has 2 rings (SSSR count). The van der Waals surface area contributed by atoms with Crippen LogP contribution in [0.25, 0.3) is 0 Å². The largest absolute Gasteiger partial charge is 0.444 e. The maximum Gasteiger partial charge on any atom is 0.410 e. The Morgan fingerprint density at radius 3 is 2.84 bits per heavy atom. The van der Waals surface area contributed by atoms with Crippen LogP contribution in [0.4, 0.5) is 4.79 Å². The number of hydrogen-bond donors (Lipinski definition) is 0. The normalized spacial score (nSPS) is 18.7. The lowest BCUT2D eigenvalue weighted by Crippen LogP contribution is -2.40. The van der Waals surface area contributed by atoms with Crippen LogP contribution in [0, 0.1) is 11.3 Å². The fourth-order valence-electron chi connectivity index (χ4n) is 2.17.